The average Bonchev–Trinajstić information content (AvgIpc) is 3.25. The fourth-order valence-electron chi connectivity index (χ4n) is 4.92. The highest BCUT2D eigenvalue weighted by molar-refractivity contribution is 6.30. The van der Waals surface area contributed by atoms with E-state index in [2.05, 4.69) is 27.8 Å². The zero-order valence-corrected chi connectivity index (χ0v) is 22.1. The highest BCUT2D eigenvalue weighted by Gasteiger charge is 2.23. The molecule has 0 aliphatic rings. The third kappa shape index (κ3) is 5.14. The number of para-hydroxylation sites is 1. The van der Waals surface area contributed by atoms with Crippen molar-refractivity contribution in [1.29, 1.82) is 0 Å². The van der Waals surface area contributed by atoms with Gasteiger partial charge >= 0.3 is 0 Å². The van der Waals surface area contributed by atoms with Crippen molar-refractivity contribution in [2.45, 2.75) is 19.9 Å². The van der Waals surface area contributed by atoms with Crippen molar-refractivity contribution in [2.75, 3.05) is 6.54 Å². The summed E-state index contributed by atoms with van der Waals surface area (Å²) in [7, 11) is 0. The fourth-order valence-corrected chi connectivity index (χ4v) is 5.05. The molecule has 0 spiro atoms. The Hall–Kier alpha value is -4.46. The number of fused-ring (bicyclic) bond motifs is 4. The van der Waals surface area contributed by atoms with Gasteiger partial charge in [0.05, 0.1) is 16.7 Å². The van der Waals surface area contributed by atoms with Crippen molar-refractivity contribution in [3.63, 3.8) is 0 Å². The van der Waals surface area contributed by atoms with Crippen LogP contribution in [0.1, 0.15) is 13.3 Å². The maximum Gasteiger partial charge on any atom is 0.300 e. The van der Waals surface area contributed by atoms with E-state index >= 15 is 0 Å². The maximum absolute atomic E-state index is 13.5. The lowest BCUT2D eigenvalue weighted by molar-refractivity contribution is -0.134. The van der Waals surface area contributed by atoms with Gasteiger partial charge < -0.3 is 20.4 Å². The van der Waals surface area contributed by atoms with E-state index in [1.807, 2.05) is 66.7 Å². The predicted octanol–water partition coefficient (Wildman–Crippen LogP) is 6.46. The van der Waals surface area contributed by atoms with E-state index in [1.54, 1.807) is 0 Å². The minimum Gasteiger partial charge on any atom is -0.481 e. The number of rotatable bonds is 5. The van der Waals surface area contributed by atoms with Crippen LogP contribution in [0, 0.1) is 0 Å². The molecule has 8 heteroatoms. The van der Waals surface area contributed by atoms with Gasteiger partial charge in [0.15, 0.2) is 0 Å². The number of aryl methyl sites for hydroxylation is 1. The molecule has 7 nitrogen and oxygen atoms in total. The second-order valence-corrected chi connectivity index (χ2v) is 9.59. The Labute approximate surface area is 229 Å². The molecule has 0 aliphatic heterocycles. The lowest BCUT2D eigenvalue weighted by Gasteiger charge is -2.13. The number of carboxylic acids is 1. The van der Waals surface area contributed by atoms with E-state index in [0.717, 1.165) is 69.4 Å². The molecule has 0 atom stereocenters. The first-order chi connectivity index (χ1) is 18.9. The number of carbonyl (C=O) groups is 1. The van der Waals surface area contributed by atoms with Gasteiger partial charge in [-0.3, -0.25) is 9.59 Å². The summed E-state index contributed by atoms with van der Waals surface area (Å²) in [5.74, 6) is -0.833. The van der Waals surface area contributed by atoms with Gasteiger partial charge in [-0.15, -0.1) is 0 Å². The Morgan fingerprint density at radius 3 is 2.36 bits per heavy atom. The summed E-state index contributed by atoms with van der Waals surface area (Å²) in [6.45, 7) is 2.38. The number of nitrogens with zero attached hydrogens (tertiary/aromatic N) is 2. The van der Waals surface area contributed by atoms with Crippen LogP contribution in [0.25, 0.3) is 55.2 Å². The minimum atomic E-state index is -0.833. The Kier molecular flexibility index (Phi) is 7.45. The molecule has 4 N–H and O–H groups in total. The fraction of sp³-hybridized carbons (Fsp3) is 0.129. The first-order valence-electron chi connectivity index (χ1n) is 12.6. The van der Waals surface area contributed by atoms with Gasteiger partial charge in [0.25, 0.3) is 11.5 Å². The van der Waals surface area contributed by atoms with Gasteiger partial charge in [0, 0.05) is 40.3 Å². The minimum absolute atomic E-state index is 0.218. The summed E-state index contributed by atoms with van der Waals surface area (Å²) in [4.78, 5) is 30.6. The van der Waals surface area contributed by atoms with E-state index in [1.165, 1.54) is 0 Å². The number of hydrogen-bond donors (Lipinski definition) is 3. The lowest BCUT2D eigenvalue weighted by Crippen LogP contribution is -2.12. The summed E-state index contributed by atoms with van der Waals surface area (Å²) >= 11 is 6.21. The number of halogens is 1. The van der Waals surface area contributed by atoms with Crippen molar-refractivity contribution >= 4 is 50.3 Å². The Morgan fingerprint density at radius 1 is 0.974 bits per heavy atom. The van der Waals surface area contributed by atoms with Crippen molar-refractivity contribution in [3.8, 4) is 22.5 Å². The molecular weight excluding hydrogens is 512 g/mol. The summed E-state index contributed by atoms with van der Waals surface area (Å²) in [5.41, 5.74) is 11.3. The van der Waals surface area contributed by atoms with Gasteiger partial charge in [-0.25, -0.2) is 4.98 Å². The van der Waals surface area contributed by atoms with Crippen molar-refractivity contribution in [1.82, 2.24) is 14.5 Å². The highest BCUT2D eigenvalue weighted by Crippen LogP contribution is 2.40. The normalized spacial score (nSPS) is 11.1. The molecule has 0 fully saturated rings. The van der Waals surface area contributed by atoms with Crippen LogP contribution in [0.15, 0.2) is 89.7 Å². The number of hydrogen-bond acceptors (Lipinski definition) is 4. The van der Waals surface area contributed by atoms with Crippen LogP contribution >= 0.6 is 11.6 Å². The van der Waals surface area contributed by atoms with Crippen LogP contribution in [0.5, 0.6) is 0 Å². The molecular formula is C31H27ClN4O3. The van der Waals surface area contributed by atoms with E-state index < -0.39 is 5.97 Å². The number of H-pyrrole nitrogens is 1. The Morgan fingerprint density at radius 2 is 1.64 bits per heavy atom. The van der Waals surface area contributed by atoms with Crippen LogP contribution in [-0.2, 0) is 11.3 Å². The molecule has 0 saturated carbocycles. The molecule has 4 aromatic carbocycles. The predicted molar refractivity (Wildman–Crippen MR) is 158 cm³/mol. The van der Waals surface area contributed by atoms with Crippen molar-refractivity contribution in [2.24, 2.45) is 5.73 Å². The highest BCUT2D eigenvalue weighted by atomic mass is 35.5. The monoisotopic (exact) mass is 538 g/mol. The second kappa shape index (κ2) is 11.1. The molecule has 0 saturated heterocycles. The van der Waals surface area contributed by atoms with Gasteiger partial charge in [-0.05, 0) is 48.2 Å². The smallest absolute Gasteiger partial charge is 0.300 e. The molecule has 0 radical (unpaired) electrons. The van der Waals surface area contributed by atoms with E-state index in [0.29, 0.717) is 17.3 Å². The number of aromatic amines is 1. The summed E-state index contributed by atoms with van der Waals surface area (Å²) in [5, 5.41) is 11.1. The molecule has 6 rings (SSSR count). The van der Waals surface area contributed by atoms with Crippen molar-refractivity contribution < 1.29 is 9.90 Å². The first kappa shape index (κ1) is 26.2. The van der Waals surface area contributed by atoms with Gasteiger partial charge in [0.1, 0.15) is 5.69 Å². The number of aliphatic carboxylic acids is 1. The van der Waals surface area contributed by atoms with Crippen LogP contribution in [0.2, 0.25) is 5.02 Å². The molecule has 0 amide bonds. The zero-order chi connectivity index (χ0) is 27.5. The summed E-state index contributed by atoms with van der Waals surface area (Å²) in [6.07, 6.45) is 0.810. The van der Waals surface area contributed by atoms with Gasteiger partial charge in [-0.1, -0.05) is 72.3 Å². The number of nitrogens with two attached hydrogens (primary N) is 1. The molecule has 39 heavy (non-hydrogen) atoms. The number of benzene rings is 4. The number of carboxylic acid groups (broad SMARTS) is 1. The SMILES string of the molecule is CC(=O)O.NCCCn1c(-c2ccc(Cl)cc2)c(-c2nc3c(ccc4ccccc43)[nH]c2=O)c2ccccc21. The van der Waals surface area contributed by atoms with Crippen LogP contribution in [0.4, 0.5) is 0 Å². The second-order valence-electron chi connectivity index (χ2n) is 9.16. The molecule has 0 aliphatic carbocycles. The van der Waals surface area contributed by atoms with Crippen molar-refractivity contribution in [3.05, 3.63) is 100 Å². The third-order valence-corrected chi connectivity index (χ3v) is 6.75. The Bertz CT molecular complexity index is 1870. The standard InChI is InChI=1S/C29H23ClN4O.C2H4O2/c30-20-13-10-19(11-14-20)28-25(22-8-3-4-9-24(22)34(28)17-5-16-31)27-29(35)32-23-15-12-18-6-1-2-7-21(18)26(23)33-27;1-2(3)4/h1-4,6-15H,5,16-17,31H2,(H,32,35);1H3,(H,3,4). The van der Waals surface area contributed by atoms with Crippen LogP contribution in [0.3, 0.4) is 0 Å². The molecule has 2 aromatic heterocycles. The molecule has 0 bridgehead atoms. The number of nitrogens with one attached hydrogen (secondary N) is 1. The van der Waals surface area contributed by atoms with Gasteiger partial charge in [-0.2, -0.15) is 0 Å². The largest absolute Gasteiger partial charge is 0.481 e. The van der Waals surface area contributed by atoms with E-state index in [9.17, 15) is 4.79 Å². The van der Waals surface area contributed by atoms with Gasteiger partial charge in [0.2, 0.25) is 0 Å². The molecule has 6 aromatic rings. The topological polar surface area (TPSA) is 114 Å². The van der Waals surface area contributed by atoms with E-state index in [-0.39, 0.29) is 5.56 Å². The van der Waals surface area contributed by atoms with Crippen LogP contribution < -0.4 is 11.3 Å². The zero-order valence-electron chi connectivity index (χ0n) is 21.3. The van der Waals surface area contributed by atoms with Crippen LogP contribution in [-0.4, -0.2) is 32.2 Å². The summed E-state index contributed by atoms with van der Waals surface area (Å²) < 4.78 is 2.25. The lowest BCUT2D eigenvalue weighted by atomic mass is 10.0. The first-order valence-corrected chi connectivity index (χ1v) is 13.0. The summed E-state index contributed by atoms with van der Waals surface area (Å²) in [6, 6.07) is 27.9. The molecule has 196 valence electrons. The molecule has 0 unspecified atom stereocenters. The van der Waals surface area contributed by atoms with E-state index in [4.69, 9.17) is 32.2 Å². The maximum atomic E-state index is 13.5. The Balaban J connectivity index is 0.000000723. The molecule has 2 heterocycles. The third-order valence-electron chi connectivity index (χ3n) is 6.50. The average molecular weight is 539 g/mol. The number of aromatic nitrogens is 3. The quantitative estimate of drug-likeness (QED) is 0.218.